The maximum Gasteiger partial charge on any atom is 0.258 e. The van der Waals surface area contributed by atoms with Gasteiger partial charge in [0.15, 0.2) is 6.61 Å². The van der Waals surface area contributed by atoms with Crippen LogP contribution in [-0.4, -0.2) is 36.7 Å². The number of hydrogen-bond donors (Lipinski definition) is 1. The van der Waals surface area contributed by atoms with E-state index in [4.69, 9.17) is 18.6 Å². The standard InChI is InChI=1S/C20H23N3O5/c1-11-12(2)28-20-18(11)19(22-13(3)23-20)27-10-17(24)21-9-14-6-7-15(25-4)8-16(14)26-5/h6-8H,9-10H2,1-5H3,(H,21,24). The molecule has 0 saturated carbocycles. The van der Waals surface area contributed by atoms with E-state index >= 15 is 0 Å². The molecule has 0 fully saturated rings. The summed E-state index contributed by atoms with van der Waals surface area (Å²) in [5.74, 6) is 2.65. The zero-order chi connectivity index (χ0) is 20.3. The Bertz CT molecular complexity index is 1010. The number of furan rings is 1. The number of rotatable bonds is 7. The van der Waals surface area contributed by atoms with Crippen LogP contribution in [0, 0.1) is 20.8 Å². The highest BCUT2D eigenvalue weighted by Gasteiger charge is 2.17. The molecule has 0 aliphatic heterocycles. The smallest absolute Gasteiger partial charge is 0.258 e. The Morgan fingerprint density at radius 2 is 1.93 bits per heavy atom. The molecule has 2 heterocycles. The first-order chi connectivity index (χ1) is 13.4. The Labute approximate surface area is 162 Å². The van der Waals surface area contributed by atoms with Gasteiger partial charge < -0.3 is 23.9 Å². The highest BCUT2D eigenvalue weighted by Crippen LogP contribution is 2.30. The number of aromatic nitrogens is 2. The second-order valence-electron chi connectivity index (χ2n) is 6.28. The first-order valence-corrected chi connectivity index (χ1v) is 8.77. The summed E-state index contributed by atoms with van der Waals surface area (Å²) in [5.41, 5.74) is 2.19. The van der Waals surface area contributed by atoms with Gasteiger partial charge in [-0.05, 0) is 32.9 Å². The number of ether oxygens (including phenoxy) is 3. The molecule has 8 heteroatoms. The molecule has 8 nitrogen and oxygen atoms in total. The number of benzene rings is 1. The molecule has 2 aromatic heterocycles. The van der Waals surface area contributed by atoms with Crippen molar-refractivity contribution in [1.29, 1.82) is 0 Å². The average Bonchev–Trinajstić information content (AvgIpc) is 2.97. The maximum atomic E-state index is 12.3. The van der Waals surface area contributed by atoms with E-state index in [0.29, 0.717) is 40.8 Å². The van der Waals surface area contributed by atoms with Gasteiger partial charge in [-0.15, -0.1) is 0 Å². The fourth-order valence-electron chi connectivity index (χ4n) is 2.80. The number of methoxy groups -OCH3 is 2. The first-order valence-electron chi connectivity index (χ1n) is 8.77. The summed E-state index contributed by atoms with van der Waals surface area (Å²) in [6, 6.07) is 5.42. The van der Waals surface area contributed by atoms with Gasteiger partial charge in [-0.2, -0.15) is 9.97 Å². The Balaban J connectivity index is 1.66. The predicted octanol–water partition coefficient (Wildman–Crippen LogP) is 2.86. The molecule has 0 aliphatic carbocycles. The Hall–Kier alpha value is -3.29. The highest BCUT2D eigenvalue weighted by molar-refractivity contribution is 5.84. The van der Waals surface area contributed by atoms with Crippen molar-refractivity contribution in [3.05, 3.63) is 40.9 Å². The van der Waals surface area contributed by atoms with Crippen LogP contribution < -0.4 is 19.5 Å². The fourth-order valence-corrected chi connectivity index (χ4v) is 2.80. The molecule has 0 atom stereocenters. The molecule has 28 heavy (non-hydrogen) atoms. The van der Waals surface area contributed by atoms with E-state index < -0.39 is 0 Å². The topological polar surface area (TPSA) is 95.7 Å². The molecule has 0 saturated heterocycles. The number of nitrogens with one attached hydrogen (secondary N) is 1. The highest BCUT2D eigenvalue weighted by atomic mass is 16.5. The monoisotopic (exact) mass is 385 g/mol. The SMILES string of the molecule is COc1ccc(CNC(=O)COc2nc(C)nc3oc(C)c(C)c23)c(OC)c1. The number of carbonyl (C=O) groups excluding carboxylic acids is 1. The first kappa shape index (κ1) is 19.5. The fraction of sp³-hybridized carbons (Fsp3) is 0.350. The van der Waals surface area contributed by atoms with Crippen LogP contribution in [0.25, 0.3) is 11.1 Å². The van der Waals surface area contributed by atoms with Crippen LogP contribution in [0.4, 0.5) is 0 Å². The molecular formula is C20H23N3O5. The van der Waals surface area contributed by atoms with Crippen LogP contribution in [0.15, 0.2) is 22.6 Å². The summed E-state index contributed by atoms with van der Waals surface area (Å²) in [5, 5.41) is 3.50. The van der Waals surface area contributed by atoms with Gasteiger partial charge in [-0.25, -0.2) is 0 Å². The molecule has 3 aromatic rings. The second-order valence-corrected chi connectivity index (χ2v) is 6.28. The Morgan fingerprint density at radius 3 is 2.64 bits per heavy atom. The summed E-state index contributed by atoms with van der Waals surface area (Å²) in [4.78, 5) is 20.8. The number of fused-ring (bicyclic) bond motifs is 1. The van der Waals surface area contributed by atoms with Crippen molar-refractivity contribution in [3.63, 3.8) is 0 Å². The predicted molar refractivity (Wildman–Crippen MR) is 103 cm³/mol. The maximum absolute atomic E-state index is 12.3. The molecule has 0 unspecified atom stereocenters. The second kappa shape index (κ2) is 8.16. The van der Waals surface area contributed by atoms with Crippen molar-refractivity contribution >= 4 is 17.0 Å². The minimum absolute atomic E-state index is 0.173. The zero-order valence-corrected chi connectivity index (χ0v) is 16.6. The largest absolute Gasteiger partial charge is 0.497 e. The van der Waals surface area contributed by atoms with Crippen LogP contribution in [-0.2, 0) is 11.3 Å². The van der Waals surface area contributed by atoms with Crippen molar-refractivity contribution in [3.8, 4) is 17.4 Å². The van der Waals surface area contributed by atoms with Crippen molar-refractivity contribution in [2.75, 3.05) is 20.8 Å². The van der Waals surface area contributed by atoms with Crippen LogP contribution in [0.2, 0.25) is 0 Å². The van der Waals surface area contributed by atoms with Crippen molar-refractivity contribution in [2.24, 2.45) is 0 Å². The van der Waals surface area contributed by atoms with Crippen LogP contribution in [0.1, 0.15) is 22.7 Å². The Morgan fingerprint density at radius 1 is 1.14 bits per heavy atom. The molecule has 3 rings (SSSR count). The van der Waals surface area contributed by atoms with Gasteiger partial charge in [-0.3, -0.25) is 4.79 Å². The van der Waals surface area contributed by atoms with Gasteiger partial charge in [0.25, 0.3) is 5.91 Å². The number of carbonyl (C=O) groups is 1. The molecule has 0 spiro atoms. The number of amides is 1. The van der Waals surface area contributed by atoms with Crippen LogP contribution in [0.5, 0.6) is 17.4 Å². The zero-order valence-electron chi connectivity index (χ0n) is 16.6. The van der Waals surface area contributed by atoms with Crippen LogP contribution in [0.3, 0.4) is 0 Å². The molecule has 1 amide bonds. The van der Waals surface area contributed by atoms with E-state index in [0.717, 1.165) is 16.9 Å². The number of hydrogen-bond acceptors (Lipinski definition) is 7. The van der Waals surface area contributed by atoms with E-state index in [1.807, 2.05) is 26.0 Å². The third kappa shape index (κ3) is 4.00. The number of aryl methyl sites for hydroxylation is 3. The van der Waals surface area contributed by atoms with Gasteiger partial charge in [0.05, 0.1) is 14.2 Å². The molecule has 148 valence electrons. The Kier molecular flexibility index (Phi) is 5.67. The third-order valence-corrected chi connectivity index (χ3v) is 4.42. The summed E-state index contributed by atoms with van der Waals surface area (Å²) >= 11 is 0. The van der Waals surface area contributed by atoms with Crippen molar-refractivity contribution in [2.45, 2.75) is 27.3 Å². The molecule has 0 aliphatic rings. The van der Waals surface area contributed by atoms with E-state index in [1.165, 1.54) is 0 Å². The molecule has 0 radical (unpaired) electrons. The normalized spacial score (nSPS) is 10.8. The van der Waals surface area contributed by atoms with Crippen molar-refractivity contribution < 1.29 is 23.4 Å². The quantitative estimate of drug-likeness (QED) is 0.668. The minimum Gasteiger partial charge on any atom is -0.497 e. The molecular weight excluding hydrogens is 362 g/mol. The summed E-state index contributed by atoms with van der Waals surface area (Å²) in [6.45, 7) is 5.63. The van der Waals surface area contributed by atoms with Crippen LogP contribution >= 0.6 is 0 Å². The summed E-state index contributed by atoms with van der Waals surface area (Å²) in [7, 11) is 3.16. The van der Waals surface area contributed by atoms with E-state index in [9.17, 15) is 4.79 Å². The number of nitrogens with zero attached hydrogens (tertiary/aromatic N) is 2. The summed E-state index contributed by atoms with van der Waals surface area (Å²) < 4.78 is 21.8. The van der Waals surface area contributed by atoms with Gasteiger partial charge in [0, 0.05) is 23.7 Å². The lowest BCUT2D eigenvalue weighted by atomic mass is 10.2. The lowest BCUT2D eigenvalue weighted by Crippen LogP contribution is -2.28. The van der Waals surface area contributed by atoms with Gasteiger partial charge in [0.2, 0.25) is 11.6 Å². The molecule has 1 aromatic carbocycles. The average molecular weight is 385 g/mol. The lowest BCUT2D eigenvalue weighted by Gasteiger charge is -2.12. The van der Waals surface area contributed by atoms with Crippen molar-refractivity contribution in [1.82, 2.24) is 15.3 Å². The molecule has 1 N–H and O–H groups in total. The van der Waals surface area contributed by atoms with Gasteiger partial charge >= 0.3 is 0 Å². The van der Waals surface area contributed by atoms with E-state index in [-0.39, 0.29) is 12.5 Å². The summed E-state index contributed by atoms with van der Waals surface area (Å²) in [6.07, 6.45) is 0. The minimum atomic E-state index is -0.278. The lowest BCUT2D eigenvalue weighted by molar-refractivity contribution is -0.123. The van der Waals surface area contributed by atoms with Gasteiger partial charge in [0.1, 0.15) is 28.5 Å². The van der Waals surface area contributed by atoms with E-state index in [2.05, 4.69) is 15.3 Å². The third-order valence-electron chi connectivity index (χ3n) is 4.42. The van der Waals surface area contributed by atoms with E-state index in [1.54, 1.807) is 27.2 Å². The molecule has 0 bridgehead atoms. The van der Waals surface area contributed by atoms with Gasteiger partial charge in [-0.1, -0.05) is 0 Å².